The third-order valence-corrected chi connectivity index (χ3v) is 9.63. The van der Waals surface area contributed by atoms with Crippen molar-refractivity contribution < 1.29 is 0 Å². The van der Waals surface area contributed by atoms with Gasteiger partial charge in [0.2, 0.25) is 0 Å². The standard InChI is InChI=1S/C41H30N2/c1-41(2)35-24-30(18-20-33(35)34-22-26-10-3-4-11-27(26)23-36(34)41)40-39(42-37-13-7-8-14-38(37)43-40)29-17-19-32-28(21-29)16-15-25-9-5-6-12-31(25)32/h3-24,38,43H,1-2H3. The van der Waals surface area contributed by atoms with Gasteiger partial charge in [0.05, 0.1) is 23.1 Å². The van der Waals surface area contributed by atoms with E-state index in [2.05, 4.69) is 153 Å². The molecule has 1 atom stereocenters. The molecule has 0 spiro atoms. The zero-order chi connectivity index (χ0) is 28.7. The molecule has 6 aromatic rings. The predicted molar refractivity (Wildman–Crippen MR) is 182 cm³/mol. The molecule has 0 bridgehead atoms. The number of aliphatic imine (C=N–C) groups is 1. The number of allylic oxidation sites excluding steroid dienone is 2. The summed E-state index contributed by atoms with van der Waals surface area (Å²) >= 11 is 0. The largest absolute Gasteiger partial charge is 0.371 e. The Kier molecular flexibility index (Phi) is 5.05. The first-order chi connectivity index (χ1) is 21.0. The fourth-order valence-corrected chi connectivity index (χ4v) is 7.34. The summed E-state index contributed by atoms with van der Waals surface area (Å²) in [5.41, 5.74) is 10.7. The molecule has 0 saturated carbocycles. The van der Waals surface area contributed by atoms with Gasteiger partial charge in [-0.15, -0.1) is 0 Å². The van der Waals surface area contributed by atoms with E-state index >= 15 is 0 Å². The molecular formula is C41H30N2. The SMILES string of the molecule is CC1(C)c2cc(C3=C(c4ccc5c(ccc6ccccc65)c4)N=C4C=CC=CC4N3)ccc2-c2cc3ccccc3cc21. The van der Waals surface area contributed by atoms with Crippen molar-refractivity contribution in [2.75, 3.05) is 0 Å². The summed E-state index contributed by atoms with van der Waals surface area (Å²) in [7, 11) is 0. The minimum Gasteiger partial charge on any atom is -0.371 e. The summed E-state index contributed by atoms with van der Waals surface area (Å²) in [6, 6.07) is 40.4. The molecule has 9 rings (SSSR count). The quantitative estimate of drug-likeness (QED) is 0.213. The van der Waals surface area contributed by atoms with Crippen LogP contribution in [0.15, 0.2) is 138 Å². The van der Waals surface area contributed by atoms with E-state index in [0.717, 1.165) is 22.7 Å². The van der Waals surface area contributed by atoms with E-state index in [1.54, 1.807) is 0 Å². The first kappa shape index (κ1) is 24.4. The highest BCUT2D eigenvalue weighted by molar-refractivity contribution is 6.12. The van der Waals surface area contributed by atoms with E-state index in [4.69, 9.17) is 4.99 Å². The van der Waals surface area contributed by atoms with Gasteiger partial charge in [-0.25, -0.2) is 4.99 Å². The average Bonchev–Trinajstić information content (AvgIpc) is 3.27. The minimum atomic E-state index is -0.105. The number of rotatable bonds is 2. The van der Waals surface area contributed by atoms with Crippen LogP contribution in [0.5, 0.6) is 0 Å². The van der Waals surface area contributed by atoms with E-state index in [1.807, 2.05) is 0 Å². The number of fused-ring (bicyclic) bond motifs is 8. The summed E-state index contributed by atoms with van der Waals surface area (Å²) in [6.45, 7) is 4.72. The predicted octanol–water partition coefficient (Wildman–Crippen LogP) is 9.82. The zero-order valence-corrected chi connectivity index (χ0v) is 24.2. The van der Waals surface area contributed by atoms with Crippen LogP contribution in [0.4, 0.5) is 0 Å². The normalized spacial score (nSPS) is 18.0. The molecule has 6 aromatic carbocycles. The maximum absolute atomic E-state index is 5.30. The van der Waals surface area contributed by atoms with E-state index in [0.29, 0.717) is 0 Å². The van der Waals surface area contributed by atoms with Crippen LogP contribution in [-0.2, 0) is 5.41 Å². The Morgan fingerprint density at radius 3 is 2.21 bits per heavy atom. The van der Waals surface area contributed by atoms with Crippen LogP contribution >= 0.6 is 0 Å². The highest BCUT2D eigenvalue weighted by atomic mass is 15.0. The summed E-state index contributed by atoms with van der Waals surface area (Å²) in [5, 5.41) is 11.5. The van der Waals surface area contributed by atoms with Crippen molar-refractivity contribution in [1.29, 1.82) is 0 Å². The molecule has 2 heteroatoms. The Labute approximate surface area is 251 Å². The lowest BCUT2D eigenvalue weighted by atomic mass is 9.81. The second-order valence-corrected chi connectivity index (χ2v) is 12.5. The van der Waals surface area contributed by atoms with Gasteiger partial charge in [0.25, 0.3) is 0 Å². The van der Waals surface area contributed by atoms with Gasteiger partial charge in [-0.2, -0.15) is 0 Å². The van der Waals surface area contributed by atoms with Crippen molar-refractivity contribution >= 4 is 49.4 Å². The van der Waals surface area contributed by atoms with Crippen LogP contribution in [0, 0.1) is 0 Å². The van der Waals surface area contributed by atoms with Crippen molar-refractivity contribution in [3.63, 3.8) is 0 Å². The topological polar surface area (TPSA) is 24.4 Å². The Balaban J connectivity index is 1.24. The van der Waals surface area contributed by atoms with Crippen molar-refractivity contribution in [3.8, 4) is 11.1 Å². The van der Waals surface area contributed by atoms with Gasteiger partial charge in [0.1, 0.15) is 0 Å². The van der Waals surface area contributed by atoms with Gasteiger partial charge in [-0.3, -0.25) is 0 Å². The van der Waals surface area contributed by atoms with Crippen LogP contribution < -0.4 is 5.32 Å². The molecule has 1 aliphatic heterocycles. The minimum absolute atomic E-state index is 0.0527. The van der Waals surface area contributed by atoms with E-state index in [-0.39, 0.29) is 11.5 Å². The van der Waals surface area contributed by atoms with Crippen LogP contribution in [-0.4, -0.2) is 11.8 Å². The van der Waals surface area contributed by atoms with Gasteiger partial charge in [-0.1, -0.05) is 117 Å². The van der Waals surface area contributed by atoms with Crippen molar-refractivity contribution in [3.05, 3.63) is 156 Å². The average molecular weight is 551 g/mol. The molecule has 0 amide bonds. The lowest BCUT2D eigenvalue weighted by Crippen LogP contribution is -2.37. The highest BCUT2D eigenvalue weighted by Crippen LogP contribution is 2.50. The van der Waals surface area contributed by atoms with E-state index in [1.165, 1.54) is 60.1 Å². The molecular weight excluding hydrogens is 520 g/mol. The molecule has 0 saturated heterocycles. The Morgan fingerprint density at radius 2 is 1.33 bits per heavy atom. The van der Waals surface area contributed by atoms with E-state index in [9.17, 15) is 0 Å². The molecule has 0 radical (unpaired) electrons. The monoisotopic (exact) mass is 550 g/mol. The molecule has 0 fully saturated rings. The molecule has 204 valence electrons. The van der Waals surface area contributed by atoms with Gasteiger partial charge in [-0.05, 0) is 84.9 Å². The second kappa shape index (κ2) is 8.89. The summed E-state index contributed by atoms with van der Waals surface area (Å²) in [4.78, 5) is 5.30. The van der Waals surface area contributed by atoms with Gasteiger partial charge in [0, 0.05) is 16.5 Å². The fraction of sp³-hybridized carbons (Fsp3) is 0.0976. The van der Waals surface area contributed by atoms with Crippen LogP contribution in [0.2, 0.25) is 0 Å². The summed E-state index contributed by atoms with van der Waals surface area (Å²) in [6.07, 6.45) is 8.50. The molecule has 1 N–H and O–H groups in total. The van der Waals surface area contributed by atoms with Crippen molar-refractivity contribution in [1.82, 2.24) is 5.32 Å². The number of hydrogen-bond acceptors (Lipinski definition) is 2. The molecule has 43 heavy (non-hydrogen) atoms. The molecule has 2 nitrogen and oxygen atoms in total. The maximum Gasteiger partial charge on any atom is 0.0944 e. The summed E-state index contributed by atoms with van der Waals surface area (Å²) in [5.74, 6) is 0. The van der Waals surface area contributed by atoms with Crippen LogP contribution in [0.25, 0.3) is 54.8 Å². The Bertz CT molecular complexity index is 2290. The fourth-order valence-electron chi connectivity index (χ4n) is 7.34. The molecule has 0 aromatic heterocycles. The second-order valence-electron chi connectivity index (χ2n) is 12.5. The van der Waals surface area contributed by atoms with Gasteiger partial charge < -0.3 is 5.32 Å². The summed E-state index contributed by atoms with van der Waals surface area (Å²) < 4.78 is 0. The number of benzene rings is 6. The third-order valence-electron chi connectivity index (χ3n) is 9.63. The number of nitrogens with one attached hydrogen (secondary N) is 1. The molecule has 1 heterocycles. The van der Waals surface area contributed by atoms with Crippen molar-refractivity contribution in [2.24, 2.45) is 4.99 Å². The zero-order valence-electron chi connectivity index (χ0n) is 24.2. The number of nitrogens with zero attached hydrogens (tertiary/aromatic N) is 1. The van der Waals surface area contributed by atoms with Crippen LogP contribution in [0.3, 0.4) is 0 Å². The molecule has 2 aliphatic carbocycles. The maximum atomic E-state index is 5.30. The Morgan fingerprint density at radius 1 is 0.605 bits per heavy atom. The molecule has 3 aliphatic rings. The highest BCUT2D eigenvalue weighted by Gasteiger charge is 2.36. The molecule has 1 unspecified atom stereocenters. The van der Waals surface area contributed by atoms with Gasteiger partial charge in [0.15, 0.2) is 0 Å². The first-order valence-electron chi connectivity index (χ1n) is 15.1. The third kappa shape index (κ3) is 3.63. The first-order valence-corrected chi connectivity index (χ1v) is 15.1. The number of hydrogen-bond donors (Lipinski definition) is 1. The Hall–Kier alpha value is -5.21. The van der Waals surface area contributed by atoms with Crippen LogP contribution in [0.1, 0.15) is 36.1 Å². The lowest BCUT2D eigenvalue weighted by Gasteiger charge is -2.29. The smallest absolute Gasteiger partial charge is 0.0944 e. The van der Waals surface area contributed by atoms with Gasteiger partial charge >= 0.3 is 0 Å². The lowest BCUT2D eigenvalue weighted by molar-refractivity contribution is 0.661. The van der Waals surface area contributed by atoms with Crippen molar-refractivity contribution in [2.45, 2.75) is 25.3 Å². The van der Waals surface area contributed by atoms with E-state index < -0.39 is 0 Å².